The van der Waals surface area contributed by atoms with Gasteiger partial charge in [0.05, 0.1) is 11.7 Å². The fraction of sp³-hybridized carbons (Fsp3) is 0.800. The van der Waals surface area contributed by atoms with Crippen molar-refractivity contribution in [2.45, 2.75) is 83.5 Å². The van der Waals surface area contributed by atoms with Crippen molar-refractivity contribution < 1.29 is 9.53 Å². The molecule has 1 amide bonds. The number of rotatable bonds is 9. The van der Waals surface area contributed by atoms with Crippen LogP contribution in [0.2, 0.25) is 0 Å². The summed E-state index contributed by atoms with van der Waals surface area (Å²) in [5.41, 5.74) is 1.12. The molecule has 1 aliphatic carbocycles. The number of nitrogens with zero attached hydrogens (tertiary/aromatic N) is 2. The van der Waals surface area contributed by atoms with Crippen LogP contribution in [0.15, 0.2) is 12.3 Å². The predicted octanol–water partition coefficient (Wildman–Crippen LogP) is 2.80. The van der Waals surface area contributed by atoms with Gasteiger partial charge in [0, 0.05) is 31.9 Å². The molecule has 1 aliphatic heterocycles. The van der Waals surface area contributed by atoms with Crippen LogP contribution < -0.4 is 10.6 Å². The second-order valence-electron chi connectivity index (χ2n) is 7.76. The van der Waals surface area contributed by atoms with Crippen molar-refractivity contribution in [3.8, 4) is 0 Å². The highest BCUT2D eigenvalue weighted by molar-refractivity contribution is 5.80. The van der Waals surface area contributed by atoms with Gasteiger partial charge >= 0.3 is 0 Å². The van der Waals surface area contributed by atoms with Gasteiger partial charge in [0.15, 0.2) is 0 Å². The molecule has 1 saturated carbocycles. The highest BCUT2D eigenvalue weighted by atomic mass is 16.5. The van der Waals surface area contributed by atoms with Crippen LogP contribution in [0.25, 0.3) is 0 Å². The third kappa shape index (κ3) is 5.07. The monoisotopic (exact) mass is 362 g/mol. The summed E-state index contributed by atoms with van der Waals surface area (Å²) in [6.07, 6.45) is 9.46. The van der Waals surface area contributed by atoms with Crippen molar-refractivity contribution in [2.24, 2.45) is 5.92 Å². The Morgan fingerprint density at radius 2 is 2.19 bits per heavy atom. The average Bonchev–Trinajstić information content (AvgIpc) is 3.40. The predicted molar refractivity (Wildman–Crippen MR) is 102 cm³/mol. The first kappa shape index (κ1) is 19.4. The van der Waals surface area contributed by atoms with Crippen molar-refractivity contribution in [1.82, 2.24) is 20.4 Å². The summed E-state index contributed by atoms with van der Waals surface area (Å²) in [4.78, 5) is 12.0. The second kappa shape index (κ2) is 9.51. The third-order valence-electron chi connectivity index (χ3n) is 5.88. The molecule has 6 nitrogen and oxygen atoms in total. The standard InChI is InChI=1S/C20H34N4O2/c1-3-18(4-2)24-10-9-17(23-24)14-21-16-8-7-15(12-16)13-22-20(25)19-6-5-11-26-19/h9-10,15-16,18-19,21H,3-8,11-14H2,1-2H3,(H,22,25)/t15-,16+,19?/m0/s1. The van der Waals surface area contributed by atoms with Crippen molar-refractivity contribution in [1.29, 1.82) is 0 Å². The highest BCUT2D eigenvalue weighted by Crippen LogP contribution is 2.25. The second-order valence-corrected chi connectivity index (χ2v) is 7.76. The summed E-state index contributed by atoms with van der Waals surface area (Å²) < 4.78 is 7.55. The van der Waals surface area contributed by atoms with Gasteiger partial charge in [0.1, 0.15) is 6.10 Å². The molecule has 1 unspecified atom stereocenters. The fourth-order valence-electron chi connectivity index (χ4n) is 4.18. The highest BCUT2D eigenvalue weighted by Gasteiger charge is 2.27. The van der Waals surface area contributed by atoms with Crippen LogP contribution in [0.5, 0.6) is 0 Å². The van der Waals surface area contributed by atoms with Gasteiger partial charge in [-0.3, -0.25) is 9.48 Å². The van der Waals surface area contributed by atoms with Crippen molar-refractivity contribution >= 4 is 5.91 Å². The first-order valence-electron chi connectivity index (χ1n) is 10.4. The molecule has 0 radical (unpaired) electrons. The summed E-state index contributed by atoms with van der Waals surface area (Å²) in [6, 6.07) is 3.16. The van der Waals surface area contributed by atoms with E-state index < -0.39 is 0 Å². The number of ether oxygens (including phenoxy) is 1. The fourth-order valence-corrected chi connectivity index (χ4v) is 4.18. The lowest BCUT2D eigenvalue weighted by molar-refractivity contribution is -0.130. The molecule has 0 bridgehead atoms. The summed E-state index contributed by atoms with van der Waals surface area (Å²) in [6.45, 7) is 6.75. The molecule has 3 rings (SSSR count). The number of hydrogen-bond donors (Lipinski definition) is 2. The Balaban J connectivity index is 1.36. The minimum atomic E-state index is -0.212. The molecule has 146 valence electrons. The van der Waals surface area contributed by atoms with E-state index in [1.165, 1.54) is 12.8 Å². The maximum absolute atomic E-state index is 12.0. The molecule has 3 atom stereocenters. The Hall–Kier alpha value is -1.40. The van der Waals surface area contributed by atoms with Gasteiger partial charge in [-0.2, -0.15) is 5.10 Å². The summed E-state index contributed by atoms with van der Waals surface area (Å²) in [5.74, 6) is 0.644. The molecule has 2 aliphatic rings. The van der Waals surface area contributed by atoms with E-state index in [4.69, 9.17) is 9.84 Å². The molecule has 0 spiro atoms. The van der Waals surface area contributed by atoms with Crippen molar-refractivity contribution in [3.05, 3.63) is 18.0 Å². The van der Waals surface area contributed by atoms with E-state index in [2.05, 4.69) is 41.4 Å². The molecule has 2 heterocycles. The minimum Gasteiger partial charge on any atom is -0.368 e. The van der Waals surface area contributed by atoms with E-state index in [1.54, 1.807) is 0 Å². The van der Waals surface area contributed by atoms with Crippen LogP contribution in [0, 0.1) is 5.92 Å². The first-order valence-corrected chi connectivity index (χ1v) is 10.4. The number of nitrogens with one attached hydrogen (secondary N) is 2. The molecule has 6 heteroatoms. The Kier molecular flexibility index (Phi) is 7.08. The molecule has 2 fully saturated rings. The third-order valence-corrected chi connectivity index (χ3v) is 5.88. The van der Waals surface area contributed by atoms with Crippen molar-refractivity contribution in [2.75, 3.05) is 13.2 Å². The SMILES string of the molecule is CCC(CC)n1ccc(CN[C@@H]2CC[C@H](CNC(=O)C3CCCO3)C2)n1. The van der Waals surface area contributed by atoms with Crippen LogP contribution in [0.4, 0.5) is 0 Å². The first-order chi connectivity index (χ1) is 12.7. The van der Waals surface area contributed by atoms with Gasteiger partial charge in [-0.05, 0) is 56.9 Å². The normalized spacial score (nSPS) is 25.9. The molecule has 1 aromatic heterocycles. The van der Waals surface area contributed by atoms with Crippen LogP contribution in [-0.4, -0.2) is 41.0 Å². The largest absolute Gasteiger partial charge is 0.368 e. The maximum atomic E-state index is 12.0. The van der Waals surface area contributed by atoms with E-state index >= 15 is 0 Å². The van der Waals surface area contributed by atoms with Gasteiger partial charge in [-0.15, -0.1) is 0 Å². The molecular weight excluding hydrogens is 328 g/mol. The Morgan fingerprint density at radius 1 is 1.35 bits per heavy atom. The Labute approximate surface area is 157 Å². The van der Waals surface area contributed by atoms with Crippen LogP contribution in [0.3, 0.4) is 0 Å². The lowest BCUT2D eigenvalue weighted by Crippen LogP contribution is -2.37. The summed E-state index contributed by atoms with van der Waals surface area (Å²) in [7, 11) is 0. The molecule has 0 aromatic carbocycles. The Bertz CT molecular complexity index is 564. The molecular formula is C20H34N4O2. The van der Waals surface area contributed by atoms with E-state index in [0.717, 1.165) is 57.5 Å². The van der Waals surface area contributed by atoms with Crippen LogP contribution in [-0.2, 0) is 16.1 Å². The molecule has 1 saturated heterocycles. The van der Waals surface area contributed by atoms with Crippen LogP contribution >= 0.6 is 0 Å². The number of hydrogen-bond acceptors (Lipinski definition) is 4. The van der Waals surface area contributed by atoms with Gasteiger partial charge in [0.25, 0.3) is 0 Å². The summed E-state index contributed by atoms with van der Waals surface area (Å²) >= 11 is 0. The smallest absolute Gasteiger partial charge is 0.249 e. The van der Waals surface area contributed by atoms with Gasteiger partial charge in [0.2, 0.25) is 5.91 Å². The molecule has 26 heavy (non-hydrogen) atoms. The zero-order chi connectivity index (χ0) is 18.4. The lowest BCUT2D eigenvalue weighted by atomic mass is 10.1. The molecule has 2 N–H and O–H groups in total. The minimum absolute atomic E-state index is 0.0749. The quantitative estimate of drug-likeness (QED) is 0.709. The number of aromatic nitrogens is 2. The number of amides is 1. The van der Waals surface area contributed by atoms with Gasteiger partial charge in [-0.1, -0.05) is 13.8 Å². The number of carbonyl (C=O) groups excluding carboxylic acids is 1. The van der Waals surface area contributed by atoms with Gasteiger partial charge in [-0.25, -0.2) is 0 Å². The van der Waals surface area contributed by atoms with E-state index in [1.807, 2.05) is 0 Å². The molecule has 1 aromatic rings. The lowest BCUT2D eigenvalue weighted by Gasteiger charge is -2.15. The van der Waals surface area contributed by atoms with Crippen molar-refractivity contribution in [3.63, 3.8) is 0 Å². The summed E-state index contributed by atoms with van der Waals surface area (Å²) in [5, 5.41) is 11.4. The van der Waals surface area contributed by atoms with Crippen LogP contribution in [0.1, 0.15) is 70.5 Å². The Morgan fingerprint density at radius 3 is 2.92 bits per heavy atom. The topological polar surface area (TPSA) is 68.2 Å². The van der Waals surface area contributed by atoms with E-state index in [-0.39, 0.29) is 12.0 Å². The zero-order valence-corrected chi connectivity index (χ0v) is 16.2. The maximum Gasteiger partial charge on any atom is 0.249 e. The van der Waals surface area contributed by atoms with E-state index in [9.17, 15) is 4.79 Å². The average molecular weight is 363 g/mol. The van der Waals surface area contributed by atoms with Gasteiger partial charge < -0.3 is 15.4 Å². The number of carbonyl (C=O) groups is 1. The van der Waals surface area contributed by atoms with E-state index in [0.29, 0.717) is 18.0 Å². The zero-order valence-electron chi connectivity index (χ0n) is 16.2.